The number of fused-ring (bicyclic) bond motifs is 2. The van der Waals surface area contributed by atoms with E-state index in [1.165, 1.54) is 77.0 Å². The molecule has 3 rings (SSSR count). The van der Waals surface area contributed by atoms with Crippen molar-refractivity contribution in [2.75, 3.05) is 0 Å². The van der Waals surface area contributed by atoms with Crippen LogP contribution in [0.2, 0.25) is 0 Å². The highest BCUT2D eigenvalue weighted by Gasteiger charge is 2.21. The molecule has 3 heteroatoms. The van der Waals surface area contributed by atoms with Crippen LogP contribution in [-0.4, -0.2) is 17.2 Å². The van der Waals surface area contributed by atoms with E-state index in [9.17, 15) is 9.90 Å². The summed E-state index contributed by atoms with van der Waals surface area (Å²) >= 11 is 0. The molecule has 0 fully saturated rings. The monoisotopic (exact) mass is 476 g/mol. The molecule has 1 N–H and O–H groups in total. The molecule has 3 aromatic carbocycles. The predicted molar refractivity (Wildman–Crippen MR) is 148 cm³/mol. The first-order chi connectivity index (χ1) is 17.2. The molecule has 190 valence electrons. The van der Waals surface area contributed by atoms with Gasteiger partial charge in [-0.1, -0.05) is 139 Å². The Bertz CT molecular complexity index is 972. The molecule has 0 saturated carbocycles. The van der Waals surface area contributed by atoms with Crippen LogP contribution < -0.4 is 4.74 Å². The van der Waals surface area contributed by atoms with Crippen molar-refractivity contribution < 1.29 is 14.6 Å². The van der Waals surface area contributed by atoms with E-state index in [2.05, 4.69) is 25.1 Å². The molecule has 0 aromatic heterocycles. The van der Waals surface area contributed by atoms with Crippen LogP contribution in [0.1, 0.15) is 103 Å². The lowest BCUT2D eigenvalue weighted by atomic mass is 10.0. The van der Waals surface area contributed by atoms with Gasteiger partial charge >= 0.3 is 5.97 Å². The second-order valence-corrected chi connectivity index (χ2v) is 9.98. The van der Waals surface area contributed by atoms with E-state index in [1.807, 2.05) is 36.4 Å². The normalized spacial score (nSPS) is 12.3. The third-order valence-corrected chi connectivity index (χ3v) is 7.08. The first-order valence-electron chi connectivity index (χ1n) is 14.0. The van der Waals surface area contributed by atoms with Crippen LogP contribution >= 0.6 is 0 Å². The average molecular weight is 477 g/mol. The van der Waals surface area contributed by atoms with Crippen molar-refractivity contribution in [1.29, 1.82) is 0 Å². The van der Waals surface area contributed by atoms with Crippen molar-refractivity contribution in [1.82, 2.24) is 0 Å². The van der Waals surface area contributed by atoms with Gasteiger partial charge in [-0.05, 0) is 29.7 Å². The smallest absolute Gasteiger partial charge is 0.344 e. The fourth-order valence-corrected chi connectivity index (χ4v) is 5.00. The molecule has 1 atom stereocenters. The summed E-state index contributed by atoms with van der Waals surface area (Å²) in [5.74, 6) is -0.187. The molecule has 0 aliphatic carbocycles. The number of unbranched alkanes of at least 4 members (excludes halogenated alkanes) is 13. The van der Waals surface area contributed by atoms with Crippen molar-refractivity contribution in [3.8, 4) is 5.75 Å². The average Bonchev–Trinajstić information content (AvgIpc) is 2.87. The number of aliphatic carboxylic acids is 1. The zero-order valence-corrected chi connectivity index (χ0v) is 21.6. The number of rotatable bonds is 18. The largest absolute Gasteiger partial charge is 0.479 e. The van der Waals surface area contributed by atoms with Gasteiger partial charge in [-0.2, -0.15) is 0 Å². The molecule has 0 aliphatic rings. The van der Waals surface area contributed by atoms with E-state index in [0.717, 1.165) is 34.4 Å². The number of carbonyl (C=O) groups is 1. The molecular weight excluding hydrogens is 432 g/mol. The maximum Gasteiger partial charge on any atom is 0.344 e. The lowest BCUT2D eigenvalue weighted by Gasteiger charge is -2.19. The second kappa shape index (κ2) is 15.4. The molecule has 0 saturated heterocycles. The zero-order valence-electron chi connectivity index (χ0n) is 21.6. The fourth-order valence-electron chi connectivity index (χ4n) is 5.00. The van der Waals surface area contributed by atoms with E-state index >= 15 is 0 Å². The molecule has 3 nitrogen and oxygen atoms in total. The molecule has 0 heterocycles. The van der Waals surface area contributed by atoms with Crippen LogP contribution in [0.5, 0.6) is 5.75 Å². The maximum atomic E-state index is 12.0. The fraction of sp³-hybridized carbons (Fsp3) is 0.531. The standard InChI is InChI=1S/C32H44O3/c1-2-3-4-5-6-7-8-9-10-11-12-13-14-15-24-30(32(33)34)35-31-28-22-18-16-20-26(28)25-27-21-17-19-23-29(27)31/h16-23,25,30H,2-15,24H2,1H3,(H,33,34)/t30-/m1/s1. The van der Waals surface area contributed by atoms with Crippen LogP contribution in [0, 0.1) is 0 Å². The minimum Gasteiger partial charge on any atom is -0.479 e. The summed E-state index contributed by atoms with van der Waals surface area (Å²) in [5, 5.41) is 13.9. The van der Waals surface area contributed by atoms with Crippen LogP contribution in [0.3, 0.4) is 0 Å². The maximum absolute atomic E-state index is 12.0. The van der Waals surface area contributed by atoms with E-state index in [-0.39, 0.29) is 0 Å². The zero-order chi connectivity index (χ0) is 24.7. The molecule has 3 aromatic rings. The second-order valence-electron chi connectivity index (χ2n) is 9.98. The predicted octanol–water partition coefficient (Wildman–Crippen LogP) is 9.70. The van der Waals surface area contributed by atoms with Crippen molar-refractivity contribution >= 4 is 27.5 Å². The third-order valence-electron chi connectivity index (χ3n) is 7.08. The van der Waals surface area contributed by atoms with Gasteiger partial charge in [0.15, 0.2) is 6.10 Å². The highest BCUT2D eigenvalue weighted by molar-refractivity contribution is 6.05. The van der Waals surface area contributed by atoms with Gasteiger partial charge in [-0.3, -0.25) is 0 Å². The van der Waals surface area contributed by atoms with Crippen LogP contribution in [0.25, 0.3) is 21.5 Å². The molecule has 0 amide bonds. The quantitative estimate of drug-likeness (QED) is 0.147. The van der Waals surface area contributed by atoms with Crippen LogP contribution in [0.15, 0.2) is 54.6 Å². The van der Waals surface area contributed by atoms with Gasteiger partial charge in [0.05, 0.1) is 0 Å². The summed E-state index contributed by atoms with van der Waals surface area (Å²) in [6, 6.07) is 18.2. The Hall–Kier alpha value is -2.55. The Balaban J connectivity index is 1.39. The minimum atomic E-state index is -0.878. The van der Waals surface area contributed by atoms with Crippen molar-refractivity contribution in [3.63, 3.8) is 0 Å². The highest BCUT2D eigenvalue weighted by atomic mass is 16.5. The summed E-state index contributed by atoms with van der Waals surface area (Å²) in [5.41, 5.74) is 0. The van der Waals surface area contributed by atoms with Gasteiger partial charge in [-0.15, -0.1) is 0 Å². The Morgan fingerprint density at radius 2 is 1.11 bits per heavy atom. The lowest BCUT2D eigenvalue weighted by Crippen LogP contribution is -2.27. The summed E-state index contributed by atoms with van der Waals surface area (Å²) in [4.78, 5) is 12.0. The van der Waals surface area contributed by atoms with Crippen LogP contribution in [-0.2, 0) is 4.79 Å². The van der Waals surface area contributed by atoms with E-state index in [4.69, 9.17) is 4.74 Å². The summed E-state index contributed by atoms with van der Waals surface area (Å²) in [7, 11) is 0. The van der Waals surface area contributed by atoms with E-state index < -0.39 is 12.1 Å². The number of carboxylic acid groups (broad SMARTS) is 1. The molecule has 0 aliphatic heterocycles. The molecule has 0 spiro atoms. The lowest BCUT2D eigenvalue weighted by molar-refractivity contribution is -0.145. The van der Waals surface area contributed by atoms with Crippen molar-refractivity contribution in [2.24, 2.45) is 0 Å². The summed E-state index contributed by atoms with van der Waals surface area (Å²) in [6.45, 7) is 2.27. The molecule has 0 radical (unpaired) electrons. The molecular formula is C32H44O3. The SMILES string of the molecule is CCCCCCCCCCCCCCCC[C@@H](Oc1c2ccccc2cc2ccccc12)C(=O)O. The first-order valence-corrected chi connectivity index (χ1v) is 14.0. The Morgan fingerprint density at radius 3 is 1.57 bits per heavy atom. The van der Waals surface area contributed by atoms with Gasteiger partial charge in [0.25, 0.3) is 0 Å². The molecule has 35 heavy (non-hydrogen) atoms. The number of ether oxygens (including phenoxy) is 1. The van der Waals surface area contributed by atoms with Gasteiger partial charge in [0, 0.05) is 10.8 Å². The first kappa shape index (κ1) is 27.0. The summed E-state index contributed by atoms with van der Waals surface area (Å²) in [6.07, 6.45) is 17.8. The number of benzene rings is 3. The van der Waals surface area contributed by atoms with E-state index in [0.29, 0.717) is 12.2 Å². The Kier molecular flexibility index (Phi) is 11.9. The van der Waals surface area contributed by atoms with Gasteiger partial charge < -0.3 is 9.84 Å². The molecule has 0 unspecified atom stereocenters. The molecule has 0 bridgehead atoms. The third kappa shape index (κ3) is 8.87. The Labute approximate surface area is 211 Å². The number of carboxylic acids is 1. The highest BCUT2D eigenvalue weighted by Crippen LogP contribution is 2.36. The Morgan fingerprint density at radius 1 is 0.686 bits per heavy atom. The van der Waals surface area contributed by atoms with Gasteiger partial charge in [-0.25, -0.2) is 4.79 Å². The number of hydrogen-bond donors (Lipinski definition) is 1. The van der Waals surface area contributed by atoms with Gasteiger partial charge in [0.1, 0.15) is 5.75 Å². The van der Waals surface area contributed by atoms with Crippen molar-refractivity contribution in [3.05, 3.63) is 54.6 Å². The van der Waals surface area contributed by atoms with E-state index in [1.54, 1.807) is 0 Å². The van der Waals surface area contributed by atoms with Gasteiger partial charge in [0.2, 0.25) is 0 Å². The van der Waals surface area contributed by atoms with Crippen LogP contribution in [0.4, 0.5) is 0 Å². The van der Waals surface area contributed by atoms with Crippen molar-refractivity contribution in [2.45, 2.75) is 109 Å². The summed E-state index contributed by atoms with van der Waals surface area (Å²) < 4.78 is 6.22. The number of hydrogen-bond acceptors (Lipinski definition) is 2. The minimum absolute atomic E-state index is 0.547. The topological polar surface area (TPSA) is 46.5 Å².